The summed E-state index contributed by atoms with van der Waals surface area (Å²) >= 11 is 1.62. The number of cyclic esters (lactones) is 1. The number of thioether (sulfide) groups is 1. The van der Waals surface area contributed by atoms with Crippen molar-refractivity contribution in [1.82, 2.24) is 5.32 Å². The van der Waals surface area contributed by atoms with E-state index in [1.165, 1.54) is 0 Å². The predicted molar refractivity (Wildman–Crippen MR) is 112 cm³/mol. The first-order valence-electron chi connectivity index (χ1n) is 9.72. The van der Waals surface area contributed by atoms with Crippen LogP contribution in [0.4, 0.5) is 4.79 Å². The molecule has 4 amide bonds. The molecule has 0 spiro atoms. The quantitative estimate of drug-likeness (QED) is 0.315. The Labute approximate surface area is 184 Å². The summed E-state index contributed by atoms with van der Waals surface area (Å²) in [5.74, 6) is -0.715. The summed E-state index contributed by atoms with van der Waals surface area (Å²) in [4.78, 5) is 48.9. The minimum atomic E-state index is -1.47. The number of nitrogens with two attached hydrogens (primary N) is 1. The van der Waals surface area contributed by atoms with Crippen LogP contribution in [-0.4, -0.2) is 64.6 Å². The van der Waals surface area contributed by atoms with Crippen LogP contribution in [0, 0.1) is 6.42 Å². The molecule has 1 saturated heterocycles. The lowest BCUT2D eigenvalue weighted by molar-refractivity contribution is -0.756. The number of ether oxygens (including phenoxy) is 1. The van der Waals surface area contributed by atoms with Crippen LogP contribution >= 0.6 is 11.8 Å². The lowest BCUT2D eigenvalue weighted by Crippen LogP contribution is -2.64. The third-order valence-electron chi connectivity index (χ3n) is 5.07. The smallest absolute Gasteiger partial charge is 0.422 e. The number of hydrogen-bond acceptors (Lipinski definition) is 7. The molecular formula is C21H24N3O6S+. The Morgan fingerprint density at radius 1 is 1.26 bits per heavy atom. The highest BCUT2D eigenvalue weighted by atomic mass is 32.2. The van der Waals surface area contributed by atoms with E-state index >= 15 is 0 Å². The Balaban J connectivity index is 1.67. The molecular weight excluding hydrogens is 422 g/mol. The number of quaternary nitrogens is 1. The van der Waals surface area contributed by atoms with Crippen LogP contribution in [0.1, 0.15) is 18.4 Å². The zero-order valence-electron chi connectivity index (χ0n) is 16.8. The monoisotopic (exact) mass is 446 g/mol. The zero-order valence-corrected chi connectivity index (χ0v) is 17.6. The van der Waals surface area contributed by atoms with Crippen LogP contribution in [0.25, 0.3) is 0 Å². The average molecular weight is 447 g/mol. The molecule has 3 rings (SSSR count). The van der Waals surface area contributed by atoms with E-state index in [9.17, 15) is 24.3 Å². The van der Waals surface area contributed by atoms with Crippen molar-refractivity contribution in [1.29, 1.82) is 0 Å². The third kappa shape index (κ3) is 5.72. The van der Waals surface area contributed by atoms with Gasteiger partial charge in [0.05, 0.1) is 6.42 Å². The molecule has 164 valence electrons. The van der Waals surface area contributed by atoms with Gasteiger partial charge in [0.25, 0.3) is 5.91 Å². The van der Waals surface area contributed by atoms with E-state index in [0.717, 1.165) is 16.9 Å². The topological polar surface area (TPSA) is 136 Å². The molecule has 4 N–H and O–H groups in total. The number of aliphatic hydroxyl groups excluding tert-OH is 1. The molecule has 1 fully saturated rings. The van der Waals surface area contributed by atoms with Crippen LogP contribution in [0.5, 0.6) is 0 Å². The molecule has 10 heteroatoms. The van der Waals surface area contributed by atoms with E-state index in [1.54, 1.807) is 11.8 Å². The van der Waals surface area contributed by atoms with Crippen LogP contribution in [0.2, 0.25) is 0 Å². The number of allylic oxidation sites excluding steroid dienone is 1. The second-order valence-electron chi connectivity index (χ2n) is 7.41. The maximum Gasteiger partial charge on any atom is 0.422 e. The summed E-state index contributed by atoms with van der Waals surface area (Å²) in [5.41, 5.74) is 7.54. The summed E-state index contributed by atoms with van der Waals surface area (Å²) in [6, 6.07) is 7.97. The van der Waals surface area contributed by atoms with Crippen molar-refractivity contribution in [2.75, 3.05) is 18.8 Å². The summed E-state index contributed by atoms with van der Waals surface area (Å²) in [6.45, 7) is -0.599. The molecule has 1 aromatic carbocycles. The molecule has 2 aliphatic heterocycles. The molecule has 0 bridgehead atoms. The number of imide groups is 1. The number of benzene rings is 1. The molecule has 0 aliphatic carbocycles. The fourth-order valence-electron chi connectivity index (χ4n) is 3.44. The van der Waals surface area contributed by atoms with Gasteiger partial charge in [0.1, 0.15) is 19.0 Å². The SMILES string of the molecule is NC(=O)[N@@+]1(CC(=O)NC2CC(=O)OC2O)CC(CSCc2ccccc2)=CC[C]C1=O. The molecule has 2 aliphatic rings. The van der Waals surface area contributed by atoms with Crippen molar-refractivity contribution in [3.05, 3.63) is 54.0 Å². The number of nitrogens with zero attached hydrogens (tertiary/aromatic N) is 1. The van der Waals surface area contributed by atoms with Gasteiger partial charge in [-0.1, -0.05) is 36.4 Å². The van der Waals surface area contributed by atoms with Gasteiger partial charge in [0, 0.05) is 11.5 Å². The number of urea groups is 1. The van der Waals surface area contributed by atoms with Gasteiger partial charge in [-0.25, -0.2) is 9.59 Å². The van der Waals surface area contributed by atoms with Crippen molar-refractivity contribution in [3.63, 3.8) is 0 Å². The zero-order chi connectivity index (χ0) is 22.4. The van der Waals surface area contributed by atoms with Crippen LogP contribution in [-0.2, 0) is 24.9 Å². The van der Waals surface area contributed by atoms with Crippen molar-refractivity contribution in [2.45, 2.75) is 30.9 Å². The van der Waals surface area contributed by atoms with Gasteiger partial charge in [-0.15, -0.1) is 0 Å². The lowest BCUT2D eigenvalue weighted by atomic mass is 10.2. The molecule has 3 atom stereocenters. The van der Waals surface area contributed by atoms with Gasteiger partial charge in [-0.3, -0.25) is 9.59 Å². The number of amides is 4. The highest BCUT2D eigenvalue weighted by molar-refractivity contribution is 7.98. The Kier molecular flexibility index (Phi) is 7.47. The van der Waals surface area contributed by atoms with E-state index in [-0.39, 0.29) is 19.4 Å². The largest absolute Gasteiger partial charge is 0.434 e. The first-order chi connectivity index (χ1) is 14.8. The molecule has 2 unspecified atom stereocenters. The van der Waals surface area contributed by atoms with E-state index in [0.29, 0.717) is 5.75 Å². The molecule has 2 heterocycles. The summed E-state index contributed by atoms with van der Waals surface area (Å²) in [7, 11) is 0. The van der Waals surface area contributed by atoms with Crippen LogP contribution in [0.15, 0.2) is 42.0 Å². The summed E-state index contributed by atoms with van der Waals surface area (Å²) < 4.78 is 3.66. The number of aliphatic hydroxyl groups is 1. The number of carbonyl (C=O) groups excluding carboxylic acids is 4. The summed E-state index contributed by atoms with van der Waals surface area (Å²) in [6.07, 6.45) is 2.98. The van der Waals surface area contributed by atoms with Crippen LogP contribution in [0.3, 0.4) is 0 Å². The highest BCUT2D eigenvalue weighted by Gasteiger charge is 2.47. The number of primary amides is 1. The van der Waals surface area contributed by atoms with E-state index in [4.69, 9.17) is 5.73 Å². The Morgan fingerprint density at radius 3 is 2.65 bits per heavy atom. The predicted octanol–water partition coefficient (Wildman–Crippen LogP) is 0.503. The fourth-order valence-corrected chi connectivity index (χ4v) is 4.45. The van der Waals surface area contributed by atoms with Crippen molar-refractivity contribution < 1.29 is 33.5 Å². The van der Waals surface area contributed by atoms with Gasteiger partial charge in [-0.05, 0) is 17.6 Å². The van der Waals surface area contributed by atoms with E-state index in [1.807, 2.05) is 36.4 Å². The van der Waals surface area contributed by atoms with Crippen LogP contribution < -0.4 is 11.1 Å². The molecule has 0 aromatic heterocycles. The molecule has 1 aromatic rings. The Morgan fingerprint density at radius 2 is 2.00 bits per heavy atom. The minimum absolute atomic E-state index is 0.0426. The molecule has 0 saturated carbocycles. The van der Waals surface area contributed by atoms with Crippen molar-refractivity contribution in [2.24, 2.45) is 5.73 Å². The maximum absolute atomic E-state index is 12.7. The van der Waals surface area contributed by atoms with Crippen molar-refractivity contribution in [3.8, 4) is 0 Å². The fraction of sp³-hybridized carbons (Fsp3) is 0.381. The number of nitrogens with one attached hydrogen (secondary N) is 1. The van der Waals surface area contributed by atoms with Gasteiger partial charge in [-0.2, -0.15) is 16.2 Å². The van der Waals surface area contributed by atoms with Gasteiger partial charge in [0.15, 0.2) is 6.54 Å². The average Bonchev–Trinajstić information content (AvgIpc) is 2.94. The standard InChI is InChI=1S/C21H23N3O6S/c22-21(29)24(11-17(25)23-16-9-19(27)30-20(16)28)10-15(7-4-8-18(24)26)13-31-12-14-5-2-1-3-6-14/h1-3,5-7,16,20,28H,4,9-13H2,(H2-,22,23,25,29)/p+1/t16?,20?,24-/m1/s1. The second-order valence-corrected chi connectivity index (χ2v) is 8.39. The number of rotatable bonds is 7. The maximum atomic E-state index is 12.7. The first-order valence-corrected chi connectivity index (χ1v) is 10.9. The van der Waals surface area contributed by atoms with E-state index in [2.05, 4.69) is 16.5 Å². The first kappa shape index (κ1) is 23.0. The highest BCUT2D eigenvalue weighted by Crippen LogP contribution is 2.24. The summed E-state index contributed by atoms with van der Waals surface area (Å²) in [5, 5.41) is 12.1. The second kappa shape index (κ2) is 10.1. The molecule has 2 radical (unpaired) electrons. The number of carbonyl (C=O) groups is 4. The van der Waals surface area contributed by atoms with E-state index < -0.39 is 47.2 Å². The number of esters is 1. The van der Waals surface area contributed by atoms with Gasteiger partial charge in [0.2, 0.25) is 6.29 Å². The molecule has 9 nitrogen and oxygen atoms in total. The lowest BCUT2D eigenvalue weighted by Gasteiger charge is -2.30. The minimum Gasteiger partial charge on any atom is -0.434 e. The van der Waals surface area contributed by atoms with Crippen molar-refractivity contribution >= 4 is 35.6 Å². The normalized spacial score (nSPS) is 26.0. The Bertz CT molecular complexity index is 890. The molecule has 31 heavy (non-hydrogen) atoms. The van der Waals surface area contributed by atoms with Gasteiger partial charge < -0.3 is 20.9 Å². The van der Waals surface area contributed by atoms with Gasteiger partial charge >= 0.3 is 17.9 Å². The Hall–Kier alpha value is -2.69. The third-order valence-corrected chi connectivity index (χ3v) is 6.18. The number of hydrogen-bond donors (Lipinski definition) is 3.